The molecule has 0 aliphatic carbocycles. The van der Waals surface area contributed by atoms with E-state index in [9.17, 15) is 4.79 Å². The van der Waals surface area contributed by atoms with Crippen LogP contribution in [0.4, 0.5) is 5.69 Å². The number of carboxylic acid groups (broad SMARTS) is 1. The van der Waals surface area contributed by atoms with Gasteiger partial charge in [-0.1, -0.05) is 0 Å². The van der Waals surface area contributed by atoms with E-state index in [1.54, 1.807) is 12.4 Å². The van der Waals surface area contributed by atoms with Crippen LogP contribution >= 0.6 is 0 Å². The first kappa shape index (κ1) is 8.99. The molecule has 74 valence electrons. The minimum Gasteiger partial charge on any atom is -0.481 e. The van der Waals surface area contributed by atoms with Gasteiger partial charge in [0.1, 0.15) is 0 Å². The number of anilines is 1. The zero-order chi connectivity index (χ0) is 9.97. The fourth-order valence-corrected chi connectivity index (χ4v) is 1.74. The standard InChI is InChI=1S/C10H12N2O2/c13-10(14)8-3-5-12(7-8)9-2-1-4-11-6-9/h1-2,4,6,8H,3,5,7H2,(H,13,14)/t8-/m1/s1. The summed E-state index contributed by atoms with van der Waals surface area (Å²) in [5.74, 6) is -0.924. The molecule has 0 spiro atoms. The second kappa shape index (κ2) is 3.65. The summed E-state index contributed by atoms with van der Waals surface area (Å²) >= 11 is 0. The number of hydrogen-bond acceptors (Lipinski definition) is 3. The average molecular weight is 192 g/mol. The van der Waals surface area contributed by atoms with E-state index in [1.807, 2.05) is 12.1 Å². The highest BCUT2D eigenvalue weighted by Gasteiger charge is 2.27. The van der Waals surface area contributed by atoms with Gasteiger partial charge in [0.05, 0.1) is 17.8 Å². The van der Waals surface area contributed by atoms with Crippen LogP contribution in [0, 0.1) is 5.92 Å². The predicted molar refractivity (Wildman–Crippen MR) is 52.2 cm³/mol. The van der Waals surface area contributed by atoms with Gasteiger partial charge in [0.2, 0.25) is 0 Å². The molecule has 0 amide bonds. The van der Waals surface area contributed by atoms with E-state index in [-0.39, 0.29) is 5.92 Å². The molecule has 0 radical (unpaired) electrons. The van der Waals surface area contributed by atoms with Gasteiger partial charge in [-0.05, 0) is 18.6 Å². The molecular weight excluding hydrogens is 180 g/mol. The Kier molecular flexibility index (Phi) is 2.35. The number of aromatic nitrogens is 1. The lowest BCUT2D eigenvalue weighted by molar-refractivity contribution is -0.140. The molecule has 1 saturated heterocycles. The van der Waals surface area contributed by atoms with Gasteiger partial charge in [0.15, 0.2) is 0 Å². The normalized spacial score (nSPS) is 21.1. The maximum absolute atomic E-state index is 10.7. The number of carboxylic acids is 1. The van der Waals surface area contributed by atoms with Gasteiger partial charge in [0, 0.05) is 19.3 Å². The molecule has 14 heavy (non-hydrogen) atoms. The average Bonchev–Trinajstić information content (AvgIpc) is 2.68. The minimum atomic E-state index is -0.698. The quantitative estimate of drug-likeness (QED) is 0.759. The Bertz CT molecular complexity index is 326. The van der Waals surface area contributed by atoms with Gasteiger partial charge < -0.3 is 10.0 Å². The summed E-state index contributed by atoms with van der Waals surface area (Å²) < 4.78 is 0. The molecular formula is C10H12N2O2. The van der Waals surface area contributed by atoms with Gasteiger partial charge in [-0.3, -0.25) is 9.78 Å². The van der Waals surface area contributed by atoms with Crippen molar-refractivity contribution in [3.05, 3.63) is 24.5 Å². The van der Waals surface area contributed by atoms with E-state index in [4.69, 9.17) is 5.11 Å². The first-order chi connectivity index (χ1) is 6.77. The summed E-state index contributed by atoms with van der Waals surface area (Å²) in [6, 6.07) is 3.82. The van der Waals surface area contributed by atoms with E-state index in [0.29, 0.717) is 6.54 Å². The van der Waals surface area contributed by atoms with Crippen molar-refractivity contribution in [2.75, 3.05) is 18.0 Å². The number of carbonyl (C=O) groups is 1. The van der Waals surface area contributed by atoms with Crippen LogP contribution in [0.25, 0.3) is 0 Å². The number of rotatable bonds is 2. The number of aliphatic carboxylic acids is 1. The molecule has 0 bridgehead atoms. The molecule has 2 rings (SSSR count). The molecule has 1 aromatic rings. The molecule has 0 saturated carbocycles. The molecule has 1 aliphatic rings. The van der Waals surface area contributed by atoms with Crippen LogP contribution in [0.3, 0.4) is 0 Å². The van der Waals surface area contributed by atoms with Crippen molar-refractivity contribution < 1.29 is 9.90 Å². The Morgan fingerprint density at radius 2 is 2.50 bits per heavy atom. The van der Waals surface area contributed by atoms with Crippen molar-refractivity contribution in [2.24, 2.45) is 5.92 Å². The third-order valence-corrected chi connectivity index (χ3v) is 2.55. The van der Waals surface area contributed by atoms with Gasteiger partial charge in [0.25, 0.3) is 0 Å². The van der Waals surface area contributed by atoms with Crippen molar-refractivity contribution in [3.63, 3.8) is 0 Å². The summed E-state index contributed by atoms with van der Waals surface area (Å²) in [5.41, 5.74) is 1.01. The molecule has 0 aromatic carbocycles. The van der Waals surface area contributed by atoms with Crippen LogP contribution < -0.4 is 4.90 Å². The van der Waals surface area contributed by atoms with Crippen LogP contribution in [0.5, 0.6) is 0 Å². The lowest BCUT2D eigenvalue weighted by Gasteiger charge is -2.16. The van der Waals surface area contributed by atoms with Crippen molar-refractivity contribution in [3.8, 4) is 0 Å². The van der Waals surface area contributed by atoms with Gasteiger partial charge in [-0.15, -0.1) is 0 Å². The third-order valence-electron chi connectivity index (χ3n) is 2.55. The Morgan fingerprint density at radius 1 is 1.64 bits per heavy atom. The van der Waals surface area contributed by atoms with Crippen LogP contribution in [0.2, 0.25) is 0 Å². The summed E-state index contributed by atoms with van der Waals surface area (Å²) in [5, 5.41) is 8.84. The second-order valence-electron chi connectivity index (χ2n) is 3.48. The van der Waals surface area contributed by atoms with Crippen molar-refractivity contribution >= 4 is 11.7 Å². The summed E-state index contributed by atoms with van der Waals surface area (Å²) in [4.78, 5) is 16.8. The number of pyridine rings is 1. The lowest BCUT2D eigenvalue weighted by Crippen LogP contribution is -2.22. The fraction of sp³-hybridized carbons (Fsp3) is 0.400. The van der Waals surface area contributed by atoms with Crippen LogP contribution in [-0.4, -0.2) is 29.1 Å². The Morgan fingerprint density at radius 3 is 3.07 bits per heavy atom. The monoisotopic (exact) mass is 192 g/mol. The highest BCUT2D eigenvalue weighted by Crippen LogP contribution is 2.22. The molecule has 1 fully saturated rings. The summed E-state index contributed by atoms with van der Waals surface area (Å²) in [6.45, 7) is 1.41. The van der Waals surface area contributed by atoms with Gasteiger partial charge in [-0.2, -0.15) is 0 Å². The maximum atomic E-state index is 10.7. The predicted octanol–water partition coefficient (Wildman–Crippen LogP) is 0.992. The largest absolute Gasteiger partial charge is 0.481 e. The molecule has 4 heteroatoms. The molecule has 1 aliphatic heterocycles. The molecule has 1 aromatic heterocycles. The van der Waals surface area contributed by atoms with Crippen LogP contribution in [-0.2, 0) is 4.79 Å². The van der Waals surface area contributed by atoms with Crippen molar-refractivity contribution in [2.45, 2.75) is 6.42 Å². The smallest absolute Gasteiger partial charge is 0.308 e. The first-order valence-electron chi connectivity index (χ1n) is 4.65. The zero-order valence-electron chi connectivity index (χ0n) is 7.76. The van der Waals surface area contributed by atoms with Gasteiger partial charge >= 0.3 is 5.97 Å². The van der Waals surface area contributed by atoms with E-state index in [2.05, 4.69) is 9.88 Å². The number of hydrogen-bond donors (Lipinski definition) is 1. The Balaban J connectivity index is 2.06. The second-order valence-corrected chi connectivity index (χ2v) is 3.48. The Hall–Kier alpha value is -1.58. The van der Waals surface area contributed by atoms with Gasteiger partial charge in [-0.25, -0.2) is 0 Å². The molecule has 2 heterocycles. The van der Waals surface area contributed by atoms with Crippen molar-refractivity contribution in [1.82, 2.24) is 4.98 Å². The Labute approximate surface area is 82.2 Å². The lowest BCUT2D eigenvalue weighted by atomic mass is 10.1. The molecule has 4 nitrogen and oxygen atoms in total. The number of nitrogens with zero attached hydrogens (tertiary/aromatic N) is 2. The highest BCUT2D eigenvalue weighted by atomic mass is 16.4. The SMILES string of the molecule is O=C(O)[C@@H]1CCN(c2cccnc2)C1. The zero-order valence-corrected chi connectivity index (χ0v) is 7.76. The topological polar surface area (TPSA) is 53.4 Å². The van der Waals surface area contributed by atoms with Crippen molar-refractivity contribution in [1.29, 1.82) is 0 Å². The molecule has 0 unspecified atom stereocenters. The highest BCUT2D eigenvalue weighted by molar-refractivity contribution is 5.72. The van der Waals surface area contributed by atoms with E-state index in [0.717, 1.165) is 18.7 Å². The molecule has 1 atom stereocenters. The van der Waals surface area contributed by atoms with E-state index < -0.39 is 5.97 Å². The summed E-state index contributed by atoms with van der Waals surface area (Å²) in [6.07, 6.45) is 4.21. The van der Waals surface area contributed by atoms with Crippen LogP contribution in [0.1, 0.15) is 6.42 Å². The first-order valence-corrected chi connectivity index (χ1v) is 4.65. The maximum Gasteiger partial charge on any atom is 0.308 e. The minimum absolute atomic E-state index is 0.227. The molecule has 1 N–H and O–H groups in total. The van der Waals surface area contributed by atoms with Crippen LogP contribution in [0.15, 0.2) is 24.5 Å². The fourth-order valence-electron chi connectivity index (χ4n) is 1.74. The van der Waals surface area contributed by atoms with E-state index >= 15 is 0 Å². The summed E-state index contributed by atoms with van der Waals surface area (Å²) in [7, 11) is 0. The third kappa shape index (κ3) is 1.69. The van der Waals surface area contributed by atoms with E-state index in [1.165, 1.54) is 0 Å².